The molecule has 4 rings (SSSR count). The van der Waals surface area contributed by atoms with Gasteiger partial charge in [-0.3, -0.25) is 9.59 Å². The van der Waals surface area contributed by atoms with Gasteiger partial charge in [0.15, 0.2) is 0 Å². The second-order valence-corrected chi connectivity index (χ2v) is 7.18. The van der Waals surface area contributed by atoms with Crippen molar-refractivity contribution >= 4 is 23.6 Å². The van der Waals surface area contributed by atoms with Crippen LogP contribution in [0, 0.1) is 0 Å². The Labute approximate surface area is 150 Å². The SMILES string of the molecule is COc1ccc(CNC(=O)[C@@H]2CS[C@H]3c4ccccc4C(=O)N23)cc1. The number of fused-ring (bicyclic) bond motifs is 3. The zero-order chi connectivity index (χ0) is 17.4. The number of hydrogen-bond acceptors (Lipinski definition) is 4. The second kappa shape index (κ2) is 6.44. The van der Waals surface area contributed by atoms with Crippen molar-refractivity contribution < 1.29 is 14.3 Å². The summed E-state index contributed by atoms with van der Waals surface area (Å²) in [5, 5.41) is 2.91. The fourth-order valence-corrected chi connectivity index (χ4v) is 4.76. The van der Waals surface area contributed by atoms with E-state index in [9.17, 15) is 9.59 Å². The van der Waals surface area contributed by atoms with Gasteiger partial charge < -0.3 is 15.0 Å². The summed E-state index contributed by atoms with van der Waals surface area (Å²) in [7, 11) is 1.62. The van der Waals surface area contributed by atoms with E-state index in [1.165, 1.54) is 0 Å². The predicted octanol–water partition coefficient (Wildman–Crippen LogP) is 2.58. The van der Waals surface area contributed by atoms with Gasteiger partial charge in [-0.15, -0.1) is 11.8 Å². The van der Waals surface area contributed by atoms with Crippen LogP contribution < -0.4 is 10.1 Å². The first-order valence-electron chi connectivity index (χ1n) is 8.13. The van der Waals surface area contributed by atoms with Gasteiger partial charge in [0.25, 0.3) is 5.91 Å². The summed E-state index contributed by atoms with van der Waals surface area (Å²) in [4.78, 5) is 27.0. The highest BCUT2D eigenvalue weighted by Gasteiger charge is 2.48. The molecule has 0 bridgehead atoms. The van der Waals surface area contributed by atoms with Gasteiger partial charge in [-0.25, -0.2) is 0 Å². The molecule has 25 heavy (non-hydrogen) atoms. The first kappa shape index (κ1) is 16.0. The second-order valence-electron chi connectivity index (χ2n) is 6.07. The van der Waals surface area contributed by atoms with Gasteiger partial charge in [0, 0.05) is 17.9 Å². The molecule has 1 fully saturated rings. The number of amides is 2. The molecule has 1 saturated heterocycles. The summed E-state index contributed by atoms with van der Waals surface area (Å²) in [5.41, 5.74) is 2.72. The maximum atomic E-state index is 12.7. The van der Waals surface area contributed by atoms with Crippen LogP contribution in [-0.2, 0) is 11.3 Å². The molecule has 0 saturated carbocycles. The summed E-state index contributed by atoms with van der Waals surface area (Å²) < 4.78 is 5.13. The Hall–Kier alpha value is -2.47. The molecular weight excluding hydrogens is 336 g/mol. The molecule has 0 spiro atoms. The molecular formula is C19H18N2O3S. The van der Waals surface area contributed by atoms with Crippen LogP contribution in [0.3, 0.4) is 0 Å². The standard InChI is InChI=1S/C19H18N2O3S/c1-24-13-8-6-12(7-9-13)10-20-17(22)16-11-25-19-15-5-3-2-4-14(15)18(23)21(16)19/h2-9,16,19H,10-11H2,1H3,(H,20,22)/t16-,19-/m0/s1. The van der Waals surface area contributed by atoms with E-state index < -0.39 is 6.04 Å². The van der Waals surface area contributed by atoms with Crippen molar-refractivity contribution in [1.82, 2.24) is 10.2 Å². The van der Waals surface area contributed by atoms with Crippen molar-refractivity contribution in [3.05, 3.63) is 65.2 Å². The maximum absolute atomic E-state index is 12.7. The summed E-state index contributed by atoms with van der Waals surface area (Å²) in [6.07, 6.45) is 0. The minimum Gasteiger partial charge on any atom is -0.497 e. The Balaban J connectivity index is 1.44. The summed E-state index contributed by atoms with van der Waals surface area (Å²) in [5.74, 6) is 1.26. The summed E-state index contributed by atoms with van der Waals surface area (Å²) in [6, 6.07) is 14.8. The van der Waals surface area contributed by atoms with Crippen molar-refractivity contribution in [3.8, 4) is 5.75 Å². The van der Waals surface area contributed by atoms with Crippen molar-refractivity contribution in [3.63, 3.8) is 0 Å². The van der Waals surface area contributed by atoms with E-state index in [1.54, 1.807) is 23.8 Å². The first-order chi connectivity index (χ1) is 12.2. The molecule has 2 aromatic carbocycles. The summed E-state index contributed by atoms with van der Waals surface area (Å²) in [6.45, 7) is 0.434. The van der Waals surface area contributed by atoms with Gasteiger partial charge in [-0.05, 0) is 29.3 Å². The molecule has 2 aliphatic rings. The molecule has 5 nitrogen and oxygen atoms in total. The van der Waals surface area contributed by atoms with Gasteiger partial charge in [0.2, 0.25) is 5.91 Å². The number of carbonyl (C=O) groups excluding carboxylic acids is 2. The lowest BCUT2D eigenvalue weighted by molar-refractivity contribution is -0.124. The molecule has 0 aliphatic carbocycles. The number of ether oxygens (including phenoxy) is 1. The van der Waals surface area contributed by atoms with Crippen LogP contribution in [0.2, 0.25) is 0 Å². The third-order valence-electron chi connectivity index (χ3n) is 4.62. The highest BCUT2D eigenvalue weighted by atomic mass is 32.2. The van der Waals surface area contributed by atoms with Crippen LogP contribution in [0.5, 0.6) is 5.75 Å². The van der Waals surface area contributed by atoms with E-state index in [-0.39, 0.29) is 17.2 Å². The Morgan fingerprint density at radius 2 is 2.00 bits per heavy atom. The van der Waals surface area contributed by atoms with Crippen molar-refractivity contribution in [2.24, 2.45) is 0 Å². The third-order valence-corrected chi connectivity index (χ3v) is 5.93. The number of carbonyl (C=O) groups is 2. The lowest BCUT2D eigenvalue weighted by atomic mass is 10.1. The number of nitrogens with one attached hydrogen (secondary N) is 1. The largest absolute Gasteiger partial charge is 0.497 e. The van der Waals surface area contributed by atoms with Gasteiger partial charge in [0.1, 0.15) is 17.2 Å². The minimum atomic E-state index is -0.423. The topological polar surface area (TPSA) is 58.6 Å². The van der Waals surface area contributed by atoms with Gasteiger partial charge in [-0.1, -0.05) is 30.3 Å². The van der Waals surface area contributed by atoms with Crippen LogP contribution in [0.1, 0.15) is 26.9 Å². The molecule has 128 valence electrons. The highest BCUT2D eigenvalue weighted by Crippen LogP contribution is 2.48. The van der Waals surface area contributed by atoms with E-state index in [1.807, 2.05) is 48.5 Å². The fraction of sp³-hybridized carbons (Fsp3) is 0.263. The van der Waals surface area contributed by atoms with E-state index in [2.05, 4.69) is 5.32 Å². The van der Waals surface area contributed by atoms with E-state index >= 15 is 0 Å². The molecule has 0 radical (unpaired) electrons. The Bertz CT molecular complexity index is 822. The van der Waals surface area contributed by atoms with Crippen LogP contribution >= 0.6 is 11.8 Å². The van der Waals surface area contributed by atoms with Crippen LogP contribution in [0.15, 0.2) is 48.5 Å². The normalized spacial score (nSPS) is 21.0. The van der Waals surface area contributed by atoms with Crippen molar-refractivity contribution in [2.45, 2.75) is 18.0 Å². The van der Waals surface area contributed by atoms with Crippen molar-refractivity contribution in [1.29, 1.82) is 0 Å². The predicted molar refractivity (Wildman–Crippen MR) is 96.4 cm³/mol. The zero-order valence-corrected chi connectivity index (χ0v) is 14.6. The van der Waals surface area contributed by atoms with Gasteiger partial charge >= 0.3 is 0 Å². The average Bonchev–Trinajstić information content (AvgIpc) is 3.21. The van der Waals surface area contributed by atoms with E-state index in [0.717, 1.165) is 16.9 Å². The molecule has 1 N–H and O–H groups in total. The highest BCUT2D eigenvalue weighted by molar-refractivity contribution is 7.99. The monoisotopic (exact) mass is 354 g/mol. The third kappa shape index (κ3) is 2.76. The van der Waals surface area contributed by atoms with Crippen LogP contribution in [0.25, 0.3) is 0 Å². The number of hydrogen-bond donors (Lipinski definition) is 1. The zero-order valence-electron chi connectivity index (χ0n) is 13.8. The Morgan fingerprint density at radius 3 is 2.76 bits per heavy atom. The van der Waals surface area contributed by atoms with Crippen LogP contribution in [0.4, 0.5) is 0 Å². The first-order valence-corrected chi connectivity index (χ1v) is 9.18. The Morgan fingerprint density at radius 1 is 1.24 bits per heavy atom. The quantitative estimate of drug-likeness (QED) is 0.917. The maximum Gasteiger partial charge on any atom is 0.256 e. The number of benzene rings is 2. The number of nitrogens with zero attached hydrogens (tertiary/aromatic N) is 1. The molecule has 2 atom stereocenters. The van der Waals surface area contributed by atoms with E-state index in [4.69, 9.17) is 4.74 Å². The lowest BCUT2D eigenvalue weighted by Crippen LogP contribution is -2.45. The van der Waals surface area contributed by atoms with Crippen molar-refractivity contribution in [2.75, 3.05) is 12.9 Å². The van der Waals surface area contributed by atoms with Gasteiger partial charge in [-0.2, -0.15) is 0 Å². The lowest BCUT2D eigenvalue weighted by Gasteiger charge is -2.22. The Kier molecular flexibility index (Phi) is 4.13. The fourth-order valence-electron chi connectivity index (χ4n) is 3.29. The summed E-state index contributed by atoms with van der Waals surface area (Å²) >= 11 is 1.65. The molecule has 2 aliphatic heterocycles. The van der Waals surface area contributed by atoms with Crippen LogP contribution in [-0.4, -0.2) is 35.6 Å². The molecule has 2 amide bonds. The van der Waals surface area contributed by atoms with Gasteiger partial charge in [0.05, 0.1) is 7.11 Å². The van der Waals surface area contributed by atoms with E-state index in [0.29, 0.717) is 17.9 Å². The smallest absolute Gasteiger partial charge is 0.256 e. The molecule has 0 unspecified atom stereocenters. The molecule has 6 heteroatoms. The molecule has 2 aromatic rings. The average molecular weight is 354 g/mol. The minimum absolute atomic E-state index is 0.0413. The number of methoxy groups -OCH3 is 1. The molecule has 0 aromatic heterocycles. The number of thioether (sulfide) groups is 1. The molecule has 2 heterocycles. The number of rotatable bonds is 4.